The number of β-amino-alcohol motifs (C(OH)–C–C–N with tert-alkyl or cyclic N) is 1. The average Bonchev–Trinajstić information content (AvgIpc) is 3.22. The third-order valence-electron chi connectivity index (χ3n) is 3.81. The number of thiophene rings is 1. The van der Waals surface area contributed by atoms with Crippen LogP contribution in [-0.2, 0) is 4.79 Å². The van der Waals surface area contributed by atoms with E-state index in [-0.39, 0.29) is 5.91 Å². The van der Waals surface area contributed by atoms with E-state index in [4.69, 9.17) is 0 Å². The molecule has 1 aliphatic rings. The van der Waals surface area contributed by atoms with Crippen LogP contribution < -0.4 is 5.32 Å². The van der Waals surface area contributed by atoms with Crippen LogP contribution >= 0.6 is 22.7 Å². The van der Waals surface area contributed by atoms with E-state index in [1.54, 1.807) is 17.5 Å². The lowest BCUT2D eigenvalue weighted by molar-refractivity contribution is -0.117. The summed E-state index contributed by atoms with van der Waals surface area (Å²) in [6.07, 6.45) is 1.26. The summed E-state index contributed by atoms with van der Waals surface area (Å²) in [6, 6.07) is 3.93. The third kappa shape index (κ3) is 4.82. The van der Waals surface area contributed by atoms with Crippen molar-refractivity contribution in [2.24, 2.45) is 0 Å². The third-order valence-corrected chi connectivity index (χ3v) is 5.48. The highest BCUT2D eigenvalue weighted by molar-refractivity contribution is 7.13. The maximum absolute atomic E-state index is 12.0. The fourth-order valence-electron chi connectivity index (χ4n) is 2.59. The Kier molecular flexibility index (Phi) is 5.74. The maximum Gasteiger partial charge on any atom is 0.240 e. The minimum atomic E-state index is -0.422. The molecule has 0 spiro atoms. The molecule has 2 aromatic heterocycles. The zero-order chi connectivity index (χ0) is 16.1. The van der Waals surface area contributed by atoms with Crippen LogP contribution in [-0.4, -0.2) is 65.1 Å². The number of anilines is 1. The van der Waals surface area contributed by atoms with Crippen molar-refractivity contribution >= 4 is 33.7 Å². The average molecular weight is 352 g/mol. The van der Waals surface area contributed by atoms with Gasteiger partial charge in [0.1, 0.15) is 6.10 Å². The van der Waals surface area contributed by atoms with Crippen molar-refractivity contribution in [1.29, 1.82) is 0 Å². The number of aliphatic hydroxyl groups is 1. The second kappa shape index (κ2) is 7.98. The summed E-state index contributed by atoms with van der Waals surface area (Å²) in [5.41, 5.74) is 0. The Morgan fingerprint density at radius 3 is 2.70 bits per heavy atom. The highest BCUT2D eigenvalue weighted by Crippen LogP contribution is 2.20. The van der Waals surface area contributed by atoms with Gasteiger partial charge in [-0.1, -0.05) is 6.07 Å². The molecule has 1 fully saturated rings. The molecule has 0 bridgehead atoms. The highest BCUT2D eigenvalue weighted by Gasteiger charge is 2.21. The van der Waals surface area contributed by atoms with Gasteiger partial charge in [-0.15, -0.1) is 22.7 Å². The smallest absolute Gasteiger partial charge is 0.240 e. The van der Waals surface area contributed by atoms with E-state index < -0.39 is 6.10 Å². The fourth-order valence-corrected chi connectivity index (χ4v) is 3.84. The maximum atomic E-state index is 12.0. The summed E-state index contributed by atoms with van der Waals surface area (Å²) in [5.74, 6) is -0.0213. The molecule has 1 saturated heterocycles. The highest BCUT2D eigenvalue weighted by atomic mass is 32.1. The van der Waals surface area contributed by atoms with E-state index >= 15 is 0 Å². The summed E-state index contributed by atoms with van der Waals surface area (Å²) < 4.78 is 0. The molecule has 124 valence electrons. The normalized spacial score (nSPS) is 18.0. The number of amides is 1. The van der Waals surface area contributed by atoms with Gasteiger partial charge in [0.25, 0.3) is 0 Å². The summed E-state index contributed by atoms with van der Waals surface area (Å²) in [5, 5.41) is 17.5. The number of piperazine rings is 1. The number of rotatable bonds is 6. The molecule has 1 aliphatic heterocycles. The van der Waals surface area contributed by atoms with Crippen LogP contribution in [0.5, 0.6) is 0 Å². The largest absolute Gasteiger partial charge is 0.386 e. The van der Waals surface area contributed by atoms with Gasteiger partial charge in [0, 0.05) is 49.2 Å². The molecule has 0 radical (unpaired) electrons. The summed E-state index contributed by atoms with van der Waals surface area (Å²) in [7, 11) is 0. The second-order valence-electron chi connectivity index (χ2n) is 5.49. The predicted molar refractivity (Wildman–Crippen MR) is 92.9 cm³/mol. The Labute approximate surface area is 143 Å². The molecule has 1 amide bonds. The Hall–Kier alpha value is -1.32. The molecule has 2 N–H and O–H groups in total. The van der Waals surface area contributed by atoms with Crippen molar-refractivity contribution in [3.05, 3.63) is 34.0 Å². The molecule has 1 unspecified atom stereocenters. The number of carbonyl (C=O) groups excluding carboxylic acids is 1. The first kappa shape index (κ1) is 16.5. The molecule has 0 aromatic carbocycles. The molecular weight excluding hydrogens is 332 g/mol. The lowest BCUT2D eigenvalue weighted by Crippen LogP contribution is -2.49. The molecule has 6 nitrogen and oxygen atoms in total. The summed E-state index contributed by atoms with van der Waals surface area (Å²) in [4.78, 5) is 21.4. The number of aliphatic hydroxyl groups excluding tert-OH is 1. The van der Waals surface area contributed by atoms with Gasteiger partial charge in [-0.3, -0.25) is 14.6 Å². The Morgan fingerprint density at radius 1 is 1.26 bits per heavy atom. The van der Waals surface area contributed by atoms with E-state index in [1.807, 2.05) is 22.9 Å². The van der Waals surface area contributed by atoms with Gasteiger partial charge in [-0.2, -0.15) is 0 Å². The molecule has 8 heteroatoms. The predicted octanol–water partition coefficient (Wildman–Crippen LogP) is 1.49. The number of nitrogens with one attached hydrogen (secondary N) is 1. The summed E-state index contributed by atoms with van der Waals surface area (Å²) >= 11 is 3.01. The number of thiazole rings is 1. The van der Waals surface area contributed by atoms with Gasteiger partial charge in [-0.25, -0.2) is 4.98 Å². The van der Waals surface area contributed by atoms with Crippen molar-refractivity contribution in [2.45, 2.75) is 6.10 Å². The van der Waals surface area contributed by atoms with E-state index in [0.29, 0.717) is 18.2 Å². The van der Waals surface area contributed by atoms with Crippen LogP contribution in [0.4, 0.5) is 5.13 Å². The lowest BCUT2D eigenvalue weighted by atomic mass is 10.2. The van der Waals surface area contributed by atoms with E-state index in [9.17, 15) is 9.90 Å². The minimum Gasteiger partial charge on any atom is -0.386 e. The molecule has 2 aromatic rings. The Bertz CT molecular complexity index is 595. The van der Waals surface area contributed by atoms with Crippen LogP contribution in [0, 0.1) is 0 Å². The quantitative estimate of drug-likeness (QED) is 0.824. The molecule has 1 atom stereocenters. The molecule has 3 heterocycles. The second-order valence-corrected chi connectivity index (χ2v) is 7.37. The number of hydrogen-bond acceptors (Lipinski definition) is 7. The van der Waals surface area contributed by atoms with E-state index in [1.165, 1.54) is 11.3 Å². The molecule has 0 aliphatic carbocycles. The first-order chi connectivity index (χ1) is 11.2. The lowest BCUT2D eigenvalue weighted by Gasteiger charge is -2.35. The Morgan fingerprint density at radius 2 is 2.04 bits per heavy atom. The van der Waals surface area contributed by atoms with Crippen molar-refractivity contribution in [3.63, 3.8) is 0 Å². The number of carbonyl (C=O) groups is 1. The van der Waals surface area contributed by atoms with Crippen molar-refractivity contribution in [3.8, 4) is 0 Å². The van der Waals surface area contributed by atoms with Crippen LogP contribution in [0.15, 0.2) is 29.1 Å². The van der Waals surface area contributed by atoms with Crippen molar-refractivity contribution in [1.82, 2.24) is 14.8 Å². The first-order valence-electron chi connectivity index (χ1n) is 7.56. The van der Waals surface area contributed by atoms with Gasteiger partial charge in [0.05, 0.1) is 6.54 Å². The van der Waals surface area contributed by atoms with Crippen LogP contribution in [0.25, 0.3) is 0 Å². The van der Waals surface area contributed by atoms with Gasteiger partial charge in [0.2, 0.25) is 5.91 Å². The van der Waals surface area contributed by atoms with E-state index in [0.717, 1.165) is 31.1 Å². The van der Waals surface area contributed by atoms with Gasteiger partial charge in [-0.05, 0) is 11.4 Å². The molecule has 23 heavy (non-hydrogen) atoms. The van der Waals surface area contributed by atoms with Crippen molar-refractivity contribution in [2.75, 3.05) is 44.6 Å². The molecular formula is C15H20N4O2S2. The van der Waals surface area contributed by atoms with Crippen molar-refractivity contribution < 1.29 is 9.90 Å². The van der Waals surface area contributed by atoms with Gasteiger partial charge < -0.3 is 10.4 Å². The van der Waals surface area contributed by atoms with Crippen LogP contribution in [0.2, 0.25) is 0 Å². The topological polar surface area (TPSA) is 68.7 Å². The van der Waals surface area contributed by atoms with Crippen LogP contribution in [0.1, 0.15) is 11.0 Å². The molecule has 0 saturated carbocycles. The monoisotopic (exact) mass is 352 g/mol. The minimum absolute atomic E-state index is 0.0213. The molecule has 3 rings (SSSR count). The number of nitrogens with zero attached hydrogens (tertiary/aromatic N) is 3. The number of aromatic nitrogens is 1. The standard InChI is InChI=1S/C15H20N4O2S2/c20-12(13-2-1-8-22-13)10-18-4-6-19(7-5-18)11-14(21)17-15-16-3-9-23-15/h1-3,8-9,12,20H,4-7,10-11H2,(H,16,17,21). The zero-order valence-electron chi connectivity index (χ0n) is 12.7. The SMILES string of the molecule is O=C(CN1CCN(CC(O)c2cccs2)CC1)Nc1nccs1. The number of hydrogen-bond donors (Lipinski definition) is 2. The van der Waals surface area contributed by atoms with Gasteiger partial charge >= 0.3 is 0 Å². The first-order valence-corrected chi connectivity index (χ1v) is 9.32. The fraction of sp³-hybridized carbons (Fsp3) is 0.467. The van der Waals surface area contributed by atoms with Crippen LogP contribution in [0.3, 0.4) is 0 Å². The zero-order valence-corrected chi connectivity index (χ0v) is 14.4. The van der Waals surface area contributed by atoms with E-state index in [2.05, 4.69) is 20.1 Å². The summed E-state index contributed by atoms with van der Waals surface area (Å²) in [6.45, 7) is 4.45. The van der Waals surface area contributed by atoms with Gasteiger partial charge in [0.15, 0.2) is 5.13 Å². The Balaban J connectivity index is 1.39.